The fraction of sp³-hybridized carbons (Fsp3) is 0.333. The Kier molecular flexibility index (Phi) is 6.24. The van der Waals surface area contributed by atoms with Gasteiger partial charge in [0.25, 0.3) is 0 Å². The summed E-state index contributed by atoms with van der Waals surface area (Å²) in [5, 5.41) is 2.42. The van der Waals surface area contributed by atoms with Crippen molar-refractivity contribution in [1.29, 1.82) is 0 Å². The van der Waals surface area contributed by atoms with E-state index in [1.807, 2.05) is 0 Å². The highest BCUT2D eigenvalue weighted by Gasteiger charge is 2.23. The highest BCUT2D eigenvalue weighted by atomic mass is 35.5. The van der Waals surface area contributed by atoms with Crippen molar-refractivity contribution >= 4 is 12.4 Å². The average Bonchev–Trinajstić information content (AvgIpc) is 2.55. The van der Waals surface area contributed by atoms with Gasteiger partial charge in [-0.3, -0.25) is 5.43 Å². The second-order valence-corrected chi connectivity index (χ2v) is 5.44. The lowest BCUT2D eigenvalue weighted by Gasteiger charge is -2.36. The molecule has 1 heterocycles. The van der Waals surface area contributed by atoms with Gasteiger partial charge < -0.3 is 0 Å². The minimum atomic E-state index is 0. The molecule has 0 saturated carbocycles. The molecule has 3 rings (SSSR count). The van der Waals surface area contributed by atoms with Gasteiger partial charge in [0.05, 0.1) is 0 Å². The van der Waals surface area contributed by atoms with Crippen LogP contribution in [0.2, 0.25) is 0 Å². The number of piperidine rings is 1. The highest BCUT2D eigenvalue weighted by Crippen LogP contribution is 2.29. The van der Waals surface area contributed by atoms with E-state index in [0.29, 0.717) is 6.04 Å². The van der Waals surface area contributed by atoms with Crippen LogP contribution in [0.15, 0.2) is 60.7 Å². The molecule has 1 fully saturated rings. The van der Waals surface area contributed by atoms with Crippen molar-refractivity contribution in [3.8, 4) is 0 Å². The van der Waals surface area contributed by atoms with Crippen LogP contribution in [0, 0.1) is 0 Å². The van der Waals surface area contributed by atoms with E-state index < -0.39 is 0 Å². The molecule has 2 nitrogen and oxygen atoms in total. The topological polar surface area (TPSA) is 15.3 Å². The van der Waals surface area contributed by atoms with E-state index >= 15 is 0 Å². The third kappa shape index (κ3) is 4.31. The highest BCUT2D eigenvalue weighted by molar-refractivity contribution is 5.85. The molecule has 1 atom stereocenters. The maximum absolute atomic E-state index is 3.62. The van der Waals surface area contributed by atoms with Crippen molar-refractivity contribution in [2.75, 3.05) is 6.54 Å². The van der Waals surface area contributed by atoms with E-state index in [2.05, 4.69) is 71.1 Å². The molecule has 0 radical (unpaired) electrons. The standard InChI is InChI=1S/C18H22N2.ClH/c1-3-9-16(10-4-1)15-19-20-14-8-7-13-18(20)17-11-5-2-6-12-17;/h1-6,9-12,18-19H,7-8,13-15H2;1H. The number of hydrazine groups is 1. The molecular weight excluding hydrogens is 280 g/mol. The van der Waals surface area contributed by atoms with Crippen LogP contribution in [0.5, 0.6) is 0 Å². The van der Waals surface area contributed by atoms with Crippen molar-refractivity contribution in [2.45, 2.75) is 31.8 Å². The minimum absolute atomic E-state index is 0. The molecule has 3 heteroatoms. The second-order valence-electron chi connectivity index (χ2n) is 5.44. The van der Waals surface area contributed by atoms with Gasteiger partial charge in [-0.1, -0.05) is 67.1 Å². The Morgan fingerprint density at radius 3 is 2.29 bits per heavy atom. The van der Waals surface area contributed by atoms with Crippen molar-refractivity contribution in [3.63, 3.8) is 0 Å². The zero-order valence-electron chi connectivity index (χ0n) is 12.2. The van der Waals surface area contributed by atoms with Crippen LogP contribution in [-0.4, -0.2) is 11.6 Å². The number of rotatable bonds is 4. The molecule has 1 aliphatic heterocycles. The summed E-state index contributed by atoms with van der Waals surface area (Å²) in [6.45, 7) is 2.04. The maximum Gasteiger partial charge on any atom is 0.0493 e. The van der Waals surface area contributed by atoms with Crippen LogP contribution in [0.4, 0.5) is 0 Å². The number of benzene rings is 2. The molecule has 0 amide bonds. The van der Waals surface area contributed by atoms with Crippen LogP contribution < -0.4 is 5.43 Å². The number of hydrogen-bond donors (Lipinski definition) is 1. The summed E-state index contributed by atoms with van der Waals surface area (Å²) in [5.74, 6) is 0. The molecule has 2 aromatic carbocycles. The summed E-state index contributed by atoms with van der Waals surface area (Å²) < 4.78 is 0. The van der Waals surface area contributed by atoms with Crippen molar-refractivity contribution in [3.05, 3.63) is 71.8 Å². The first-order valence-corrected chi connectivity index (χ1v) is 7.52. The van der Waals surface area contributed by atoms with E-state index in [0.717, 1.165) is 13.1 Å². The van der Waals surface area contributed by atoms with Crippen molar-refractivity contribution < 1.29 is 0 Å². The molecule has 0 aliphatic carbocycles. The molecule has 0 aromatic heterocycles. The number of nitrogens with one attached hydrogen (secondary N) is 1. The van der Waals surface area contributed by atoms with E-state index in [1.165, 1.54) is 30.4 Å². The zero-order valence-corrected chi connectivity index (χ0v) is 13.1. The lowest BCUT2D eigenvalue weighted by molar-refractivity contribution is 0.0825. The SMILES string of the molecule is Cl.c1ccc(CNN2CCCCC2c2ccccc2)cc1. The predicted molar refractivity (Wildman–Crippen MR) is 90.3 cm³/mol. The first kappa shape index (κ1) is 16.0. The Morgan fingerprint density at radius 2 is 1.57 bits per heavy atom. The van der Waals surface area contributed by atoms with Crippen LogP contribution >= 0.6 is 12.4 Å². The fourth-order valence-electron chi connectivity index (χ4n) is 2.93. The molecule has 1 aliphatic rings. The molecular formula is C18H23ClN2. The molecule has 0 bridgehead atoms. The minimum Gasteiger partial charge on any atom is -0.250 e. The molecule has 21 heavy (non-hydrogen) atoms. The summed E-state index contributed by atoms with van der Waals surface area (Å²) in [7, 11) is 0. The number of hydrogen-bond acceptors (Lipinski definition) is 2. The Balaban J connectivity index is 0.00000161. The quantitative estimate of drug-likeness (QED) is 0.904. The fourth-order valence-corrected chi connectivity index (χ4v) is 2.93. The lowest BCUT2D eigenvalue weighted by atomic mass is 9.97. The smallest absolute Gasteiger partial charge is 0.0493 e. The van der Waals surface area contributed by atoms with Gasteiger partial charge in [0.2, 0.25) is 0 Å². The normalized spacial score (nSPS) is 19.0. The van der Waals surface area contributed by atoms with Gasteiger partial charge in [0.1, 0.15) is 0 Å². The predicted octanol–water partition coefficient (Wildman–Crippen LogP) is 4.34. The summed E-state index contributed by atoms with van der Waals surface area (Å²) in [5.41, 5.74) is 6.38. The van der Waals surface area contributed by atoms with Crippen LogP contribution in [0.3, 0.4) is 0 Å². The maximum atomic E-state index is 3.62. The zero-order chi connectivity index (χ0) is 13.6. The Labute approximate surface area is 133 Å². The average molecular weight is 303 g/mol. The van der Waals surface area contributed by atoms with Crippen LogP contribution in [0.25, 0.3) is 0 Å². The van der Waals surface area contributed by atoms with E-state index in [4.69, 9.17) is 0 Å². The van der Waals surface area contributed by atoms with Crippen LogP contribution in [0.1, 0.15) is 36.4 Å². The van der Waals surface area contributed by atoms with Gasteiger partial charge in [-0.15, -0.1) is 12.4 Å². The first-order valence-electron chi connectivity index (χ1n) is 7.52. The number of halogens is 1. The summed E-state index contributed by atoms with van der Waals surface area (Å²) in [6.07, 6.45) is 3.85. The summed E-state index contributed by atoms with van der Waals surface area (Å²) in [6, 6.07) is 22.0. The van der Waals surface area contributed by atoms with E-state index in [-0.39, 0.29) is 12.4 Å². The van der Waals surface area contributed by atoms with Crippen molar-refractivity contribution in [2.24, 2.45) is 0 Å². The second kappa shape index (κ2) is 8.18. The number of nitrogens with zero attached hydrogens (tertiary/aromatic N) is 1. The van der Waals surface area contributed by atoms with E-state index in [1.54, 1.807) is 0 Å². The summed E-state index contributed by atoms with van der Waals surface area (Å²) >= 11 is 0. The Morgan fingerprint density at radius 1 is 0.905 bits per heavy atom. The molecule has 112 valence electrons. The van der Waals surface area contributed by atoms with Gasteiger partial charge >= 0.3 is 0 Å². The largest absolute Gasteiger partial charge is 0.250 e. The van der Waals surface area contributed by atoms with Gasteiger partial charge in [-0.05, 0) is 24.0 Å². The van der Waals surface area contributed by atoms with E-state index in [9.17, 15) is 0 Å². The molecule has 1 saturated heterocycles. The monoisotopic (exact) mass is 302 g/mol. The first-order chi connectivity index (χ1) is 9.93. The molecule has 2 aromatic rings. The molecule has 1 unspecified atom stereocenters. The summed E-state index contributed by atoms with van der Waals surface area (Å²) in [4.78, 5) is 0. The molecule has 1 N–H and O–H groups in total. The van der Waals surface area contributed by atoms with Gasteiger partial charge in [-0.2, -0.15) is 0 Å². The Hall–Kier alpha value is -1.35. The van der Waals surface area contributed by atoms with Crippen molar-refractivity contribution in [1.82, 2.24) is 10.4 Å². The van der Waals surface area contributed by atoms with Gasteiger partial charge in [0, 0.05) is 19.1 Å². The lowest BCUT2D eigenvalue weighted by Crippen LogP contribution is -2.43. The third-order valence-electron chi connectivity index (χ3n) is 4.02. The van der Waals surface area contributed by atoms with Gasteiger partial charge in [0.15, 0.2) is 0 Å². The van der Waals surface area contributed by atoms with Gasteiger partial charge in [-0.25, -0.2) is 5.01 Å². The Bertz CT molecular complexity index is 515. The van der Waals surface area contributed by atoms with Crippen LogP contribution in [-0.2, 0) is 6.54 Å². The third-order valence-corrected chi connectivity index (χ3v) is 4.02. The molecule has 0 spiro atoms.